The third-order valence-corrected chi connectivity index (χ3v) is 6.73. The molecule has 4 amide bonds. The number of aromatic nitrogens is 4. The zero-order valence-electron chi connectivity index (χ0n) is 31.6. The van der Waals surface area contributed by atoms with Crippen molar-refractivity contribution < 1.29 is 75.9 Å². The fraction of sp³-hybridized carbons (Fsp3) is 0.562. The van der Waals surface area contributed by atoms with E-state index in [2.05, 4.69) is 41.2 Å². The van der Waals surface area contributed by atoms with Crippen LogP contribution >= 0.6 is 0 Å². The first-order valence-corrected chi connectivity index (χ1v) is 17.2. The molecule has 2 rings (SSSR count). The van der Waals surface area contributed by atoms with Crippen molar-refractivity contribution in [2.45, 2.75) is 89.4 Å². The van der Waals surface area contributed by atoms with Gasteiger partial charge < -0.3 is 84.2 Å². The van der Waals surface area contributed by atoms with Gasteiger partial charge in [0.25, 0.3) is 11.9 Å². The first kappa shape index (κ1) is 55.9. The Labute approximate surface area is 338 Å². The third-order valence-electron chi connectivity index (χ3n) is 6.73. The molecular weight excluding hydrogens is 808 g/mol. The summed E-state index contributed by atoms with van der Waals surface area (Å²) < 4.78 is 0. The number of aliphatic carboxylic acids is 4. The molecule has 0 bridgehead atoms. The Hall–Kier alpha value is -5.46. The Balaban J connectivity index is -0.000000847. The van der Waals surface area contributed by atoms with Crippen LogP contribution < -0.4 is 54.4 Å². The van der Waals surface area contributed by atoms with Crippen molar-refractivity contribution in [3.8, 4) is 0 Å². The van der Waals surface area contributed by atoms with Gasteiger partial charge >= 0.3 is 17.1 Å². The van der Waals surface area contributed by atoms with Gasteiger partial charge in [0, 0.05) is 50.5 Å². The summed E-state index contributed by atoms with van der Waals surface area (Å²) in [6.45, 7) is 2.46. The maximum Gasteiger partial charge on any atom is 2.00 e. The van der Waals surface area contributed by atoms with E-state index in [4.69, 9.17) is 42.7 Å². The number of nitrogens with two attached hydrogens (primary N) is 4. The summed E-state index contributed by atoms with van der Waals surface area (Å²) in [6.07, 6.45) is 8.89. The molecule has 2 aromatic rings. The van der Waals surface area contributed by atoms with E-state index in [1.807, 2.05) is 0 Å². The van der Waals surface area contributed by atoms with Gasteiger partial charge in [0.15, 0.2) is 0 Å². The molecule has 25 heteroatoms. The van der Waals surface area contributed by atoms with Crippen molar-refractivity contribution in [2.75, 3.05) is 26.2 Å². The van der Waals surface area contributed by atoms with Crippen LogP contribution in [0.25, 0.3) is 0 Å². The number of nitrogens with zero attached hydrogens (tertiary/aromatic N) is 2. The van der Waals surface area contributed by atoms with Crippen molar-refractivity contribution in [2.24, 2.45) is 22.9 Å². The number of H-pyrrole nitrogens is 2. The Morgan fingerprint density at radius 1 is 0.614 bits per heavy atom. The predicted octanol–water partition coefficient (Wildman–Crippen LogP) is -6.30. The average molecular weight is 862 g/mol. The second-order valence-electron chi connectivity index (χ2n) is 11.6. The van der Waals surface area contributed by atoms with Crippen molar-refractivity contribution in [3.63, 3.8) is 0 Å². The first-order valence-electron chi connectivity index (χ1n) is 17.2. The Bertz CT molecular complexity index is 1350. The topological polar surface area (TPSA) is 433 Å². The molecule has 2 heterocycles. The molecule has 0 unspecified atom stereocenters. The summed E-state index contributed by atoms with van der Waals surface area (Å²) in [5, 5.41) is 46.9. The van der Waals surface area contributed by atoms with Crippen molar-refractivity contribution >= 4 is 47.5 Å². The van der Waals surface area contributed by atoms with E-state index < -0.39 is 71.7 Å². The van der Waals surface area contributed by atoms with Crippen LogP contribution in [-0.2, 0) is 68.3 Å². The summed E-state index contributed by atoms with van der Waals surface area (Å²) in [6, 6.07) is -4.25. The summed E-state index contributed by atoms with van der Waals surface area (Å²) >= 11 is 0. The van der Waals surface area contributed by atoms with E-state index in [0.717, 1.165) is 13.8 Å². The molecule has 0 aromatic carbocycles. The number of imidazole rings is 2. The number of carbonyl (C=O) groups is 8. The normalized spacial score (nSPS) is 11.9. The molecule has 325 valence electrons. The molecule has 1 radical (unpaired) electrons. The number of carboxylic acid groups (broad SMARTS) is 4. The average Bonchev–Trinajstić information content (AvgIpc) is 3.84. The monoisotopic (exact) mass is 861 g/mol. The van der Waals surface area contributed by atoms with Crippen molar-refractivity contribution in [1.29, 1.82) is 0 Å². The fourth-order valence-corrected chi connectivity index (χ4v) is 4.19. The minimum Gasteiger partial charge on any atom is -0.548 e. The number of carboxylic acids is 4. The van der Waals surface area contributed by atoms with Gasteiger partial charge in [-0.1, -0.05) is 0 Å². The van der Waals surface area contributed by atoms with Crippen LogP contribution in [0.1, 0.15) is 63.8 Å². The maximum absolute atomic E-state index is 12.4. The molecular formula is C32H54CuN12O12. The van der Waals surface area contributed by atoms with E-state index in [0.29, 0.717) is 50.2 Å². The van der Waals surface area contributed by atoms with E-state index in [1.54, 1.807) is 0 Å². The number of rotatable bonds is 22. The van der Waals surface area contributed by atoms with Crippen LogP contribution in [0.3, 0.4) is 0 Å². The maximum atomic E-state index is 12.4. The smallest absolute Gasteiger partial charge is 0.548 e. The molecule has 0 fully saturated rings. The van der Waals surface area contributed by atoms with E-state index in [-0.39, 0.29) is 55.8 Å². The zero-order valence-corrected chi connectivity index (χ0v) is 32.5. The third kappa shape index (κ3) is 30.4. The zero-order chi connectivity index (χ0) is 43.1. The van der Waals surface area contributed by atoms with Gasteiger partial charge in [-0.05, 0) is 51.6 Å². The molecule has 0 saturated carbocycles. The number of amides is 4. The van der Waals surface area contributed by atoms with Gasteiger partial charge in [-0.3, -0.25) is 28.8 Å². The molecule has 0 aliphatic rings. The summed E-state index contributed by atoms with van der Waals surface area (Å²) in [7, 11) is 0. The first-order chi connectivity index (χ1) is 26.4. The summed E-state index contributed by atoms with van der Waals surface area (Å²) in [5.74, 6) is -6.75. The number of aromatic amines is 2. The largest absolute Gasteiger partial charge is 2.00 e. The van der Waals surface area contributed by atoms with Crippen LogP contribution in [0.15, 0.2) is 25.0 Å². The summed E-state index contributed by atoms with van der Waals surface area (Å²) in [4.78, 5) is 101. The second-order valence-corrected chi connectivity index (χ2v) is 11.6. The second kappa shape index (κ2) is 33.8. The molecule has 16 N–H and O–H groups in total. The standard InChI is InChI=1S/2C14H24N6O4.2C2H4O2.Cu/c2*15-4-2-1-3-10(14(23)24)20-13(22)11(19-12(21)6-16)5-9-7-17-8-18-9;2*1-2(3)4;/h2*7-8,10-11H,1-6,15-16H2,(H,17,18)(H,19,21)(H,20,22)(H,23,24);2*1H3,(H,3,4);/q;;;;+2/p-2/t10-,11+;10-,11-;;;/m10.../s1. The Morgan fingerprint density at radius 3 is 1.16 bits per heavy atom. The number of unbranched alkanes of at least 4 members (excludes halogenated alkanes) is 2. The van der Waals surface area contributed by atoms with Crippen LogP contribution in [0, 0.1) is 0 Å². The van der Waals surface area contributed by atoms with E-state index >= 15 is 0 Å². The summed E-state index contributed by atoms with van der Waals surface area (Å²) in [5.41, 5.74) is 22.4. The van der Waals surface area contributed by atoms with Crippen LogP contribution in [0.2, 0.25) is 0 Å². The van der Waals surface area contributed by atoms with Crippen LogP contribution in [0.5, 0.6) is 0 Å². The van der Waals surface area contributed by atoms with E-state index in [1.165, 1.54) is 25.0 Å². The minimum atomic E-state index is -1.38. The molecule has 4 atom stereocenters. The fourth-order valence-electron chi connectivity index (χ4n) is 4.19. The van der Waals surface area contributed by atoms with Gasteiger partial charge in [0.05, 0.1) is 49.8 Å². The van der Waals surface area contributed by atoms with Crippen molar-refractivity contribution in [3.05, 3.63) is 36.4 Å². The quantitative estimate of drug-likeness (QED) is 0.0387. The number of carbonyl (C=O) groups excluding carboxylic acids is 6. The van der Waals surface area contributed by atoms with Gasteiger partial charge in [0.2, 0.25) is 23.6 Å². The molecule has 2 aromatic heterocycles. The Morgan fingerprint density at radius 2 is 0.930 bits per heavy atom. The van der Waals surface area contributed by atoms with Crippen LogP contribution in [-0.4, -0.2) is 128 Å². The molecule has 0 spiro atoms. The van der Waals surface area contributed by atoms with Crippen molar-refractivity contribution in [1.82, 2.24) is 41.2 Å². The number of hydrogen-bond acceptors (Lipinski definition) is 16. The van der Waals surface area contributed by atoms with Gasteiger partial charge in [-0.25, -0.2) is 9.97 Å². The number of nitrogens with one attached hydrogen (secondary N) is 6. The van der Waals surface area contributed by atoms with Crippen LogP contribution in [0.4, 0.5) is 0 Å². The van der Waals surface area contributed by atoms with Gasteiger partial charge in [0.1, 0.15) is 12.1 Å². The molecule has 57 heavy (non-hydrogen) atoms. The minimum absolute atomic E-state index is 0. The SMILES string of the molecule is CC(=O)O.CC(=O)O.NCCCC[C@@H](NC(=O)[C@H](Cc1cnc[nH]1)NC(=O)CN)C(=O)[O-].NCCCC[C@H](NC(=O)[C@H](Cc1cnc[nH]1)NC(=O)CN)C(=O)[O-].[Cu+2]. The molecule has 0 aliphatic carbocycles. The van der Waals surface area contributed by atoms with E-state index in [9.17, 15) is 39.0 Å². The molecule has 24 nitrogen and oxygen atoms in total. The molecule has 0 saturated heterocycles. The van der Waals surface area contributed by atoms with Gasteiger partial charge in [-0.2, -0.15) is 0 Å². The molecule has 0 aliphatic heterocycles. The predicted molar refractivity (Wildman–Crippen MR) is 193 cm³/mol. The number of hydrogen-bond donors (Lipinski definition) is 12. The van der Waals surface area contributed by atoms with Gasteiger partial charge in [-0.15, -0.1) is 0 Å². The Kier molecular flexibility index (Phi) is 33.2.